The third-order valence-electron chi connectivity index (χ3n) is 5.80. The van der Waals surface area contributed by atoms with Crippen LogP contribution in [0, 0.1) is 0 Å². The van der Waals surface area contributed by atoms with Crippen molar-refractivity contribution in [3.05, 3.63) is 138 Å². The van der Waals surface area contributed by atoms with Crippen LogP contribution in [0.1, 0.15) is 34.6 Å². The van der Waals surface area contributed by atoms with Crippen molar-refractivity contribution in [1.82, 2.24) is 5.48 Å². The summed E-state index contributed by atoms with van der Waals surface area (Å²) in [5.41, 5.74) is 7.39. The van der Waals surface area contributed by atoms with E-state index in [-0.39, 0.29) is 12.3 Å². The average Bonchev–Trinajstić information content (AvgIpc) is 2.94. The van der Waals surface area contributed by atoms with Crippen LogP contribution in [-0.4, -0.2) is 18.2 Å². The minimum atomic E-state index is -0.830. The van der Waals surface area contributed by atoms with Gasteiger partial charge in [0.15, 0.2) is 0 Å². The molecule has 0 bridgehead atoms. The van der Waals surface area contributed by atoms with Gasteiger partial charge in [0.05, 0.1) is 13.5 Å². The molecule has 0 saturated heterocycles. The van der Waals surface area contributed by atoms with E-state index in [4.69, 9.17) is 14.3 Å². The lowest BCUT2D eigenvalue weighted by molar-refractivity contribution is -0.137. The van der Waals surface area contributed by atoms with Gasteiger partial charge in [0, 0.05) is 11.5 Å². The number of hydrogen-bond acceptors (Lipinski definition) is 5. The predicted molar refractivity (Wildman–Crippen MR) is 143 cm³/mol. The Bertz CT molecular complexity index is 1290. The first-order valence-corrected chi connectivity index (χ1v) is 11.9. The van der Waals surface area contributed by atoms with Crippen LogP contribution < -0.4 is 15.0 Å². The molecule has 0 spiro atoms. The summed E-state index contributed by atoms with van der Waals surface area (Å²) < 4.78 is 11.8. The molecule has 0 radical (unpaired) electrons. The van der Waals surface area contributed by atoms with Crippen molar-refractivity contribution in [2.45, 2.75) is 18.9 Å². The Hall–Kier alpha value is -4.55. The molecule has 6 nitrogen and oxygen atoms in total. The summed E-state index contributed by atoms with van der Waals surface area (Å²) in [7, 11) is 1.55. The minimum Gasteiger partial charge on any atom is -0.489 e. The van der Waals surface area contributed by atoms with Crippen LogP contribution >= 0.6 is 0 Å². The molecule has 1 unspecified atom stereocenters. The lowest BCUT2D eigenvalue weighted by Crippen LogP contribution is -2.11. The van der Waals surface area contributed by atoms with Gasteiger partial charge in [-0.1, -0.05) is 84.9 Å². The largest absolute Gasteiger partial charge is 0.489 e. The third-order valence-corrected chi connectivity index (χ3v) is 5.80. The fourth-order valence-electron chi connectivity index (χ4n) is 3.92. The Morgan fingerprint density at radius 3 is 2.03 bits per heavy atom. The second kappa shape index (κ2) is 13.0. The van der Waals surface area contributed by atoms with Gasteiger partial charge in [0.25, 0.3) is 0 Å². The van der Waals surface area contributed by atoms with E-state index in [1.54, 1.807) is 13.4 Å². The fourth-order valence-corrected chi connectivity index (χ4v) is 3.92. The number of aliphatic carboxylic acids is 1. The highest BCUT2D eigenvalue weighted by molar-refractivity contribution is 5.69. The molecule has 188 valence electrons. The maximum Gasteiger partial charge on any atom is 0.304 e. The van der Waals surface area contributed by atoms with E-state index in [0.717, 1.165) is 22.3 Å². The maximum atomic E-state index is 11.4. The van der Waals surface area contributed by atoms with Gasteiger partial charge in [0.2, 0.25) is 0 Å². The standard InChI is InChI=1S/C31H29NO5/c1-35-32-30(26-10-6-3-7-11-26)22-37-27-16-12-23(13-17-27)21-36-28-18-14-25(15-19-28)29(20-31(33)34)24-8-4-2-5-9-24/h2-19,22,29,32H,20-21H2,1H3,(H,33,34). The number of carboxylic acid groups (broad SMARTS) is 1. The monoisotopic (exact) mass is 495 g/mol. The van der Waals surface area contributed by atoms with Gasteiger partial charge in [0.1, 0.15) is 30.1 Å². The molecule has 2 N–H and O–H groups in total. The summed E-state index contributed by atoms with van der Waals surface area (Å²) in [6.45, 7) is 0.396. The van der Waals surface area contributed by atoms with Crippen LogP contribution in [-0.2, 0) is 16.2 Å². The van der Waals surface area contributed by atoms with Gasteiger partial charge in [-0.3, -0.25) is 15.1 Å². The smallest absolute Gasteiger partial charge is 0.304 e. The maximum absolute atomic E-state index is 11.4. The zero-order valence-electron chi connectivity index (χ0n) is 20.5. The van der Waals surface area contributed by atoms with E-state index in [9.17, 15) is 9.90 Å². The summed E-state index contributed by atoms with van der Waals surface area (Å²) >= 11 is 0. The van der Waals surface area contributed by atoms with Crippen LogP contribution in [0.4, 0.5) is 0 Å². The van der Waals surface area contributed by atoms with E-state index >= 15 is 0 Å². The normalized spacial score (nSPS) is 12.0. The Morgan fingerprint density at radius 2 is 1.41 bits per heavy atom. The van der Waals surface area contributed by atoms with E-state index in [1.165, 1.54) is 0 Å². The van der Waals surface area contributed by atoms with E-state index in [2.05, 4.69) is 5.48 Å². The molecule has 0 aliphatic rings. The van der Waals surface area contributed by atoms with Gasteiger partial charge in [-0.15, -0.1) is 0 Å². The SMILES string of the molecule is CONC(=COc1ccc(COc2ccc(C(CC(=O)O)c3ccccc3)cc2)cc1)c1ccccc1. The van der Waals surface area contributed by atoms with Crippen LogP contribution in [0.3, 0.4) is 0 Å². The van der Waals surface area contributed by atoms with Gasteiger partial charge in [-0.2, -0.15) is 0 Å². The summed E-state index contributed by atoms with van der Waals surface area (Å²) in [5.74, 6) is 0.358. The van der Waals surface area contributed by atoms with Crippen molar-refractivity contribution in [3.63, 3.8) is 0 Å². The molecular weight excluding hydrogens is 466 g/mol. The van der Waals surface area contributed by atoms with Crippen molar-refractivity contribution in [1.29, 1.82) is 0 Å². The second-order valence-electron chi connectivity index (χ2n) is 8.38. The summed E-state index contributed by atoms with van der Waals surface area (Å²) in [4.78, 5) is 16.5. The summed E-state index contributed by atoms with van der Waals surface area (Å²) in [6.07, 6.45) is 1.64. The topological polar surface area (TPSA) is 77.0 Å². The third kappa shape index (κ3) is 7.46. The highest BCUT2D eigenvalue weighted by atomic mass is 16.6. The van der Waals surface area contributed by atoms with E-state index in [0.29, 0.717) is 23.8 Å². The molecule has 0 aliphatic carbocycles. The predicted octanol–water partition coefficient (Wildman–Crippen LogP) is 6.40. The number of carboxylic acids is 1. The van der Waals surface area contributed by atoms with Crippen molar-refractivity contribution < 1.29 is 24.2 Å². The first kappa shape index (κ1) is 25.5. The Morgan fingerprint density at radius 1 is 0.811 bits per heavy atom. The molecule has 4 aromatic rings. The van der Waals surface area contributed by atoms with Crippen LogP contribution in [0.15, 0.2) is 115 Å². The highest BCUT2D eigenvalue weighted by Crippen LogP contribution is 2.29. The molecular formula is C31H29NO5. The van der Waals surface area contributed by atoms with Gasteiger partial charge >= 0.3 is 5.97 Å². The highest BCUT2D eigenvalue weighted by Gasteiger charge is 2.17. The van der Waals surface area contributed by atoms with Crippen LogP contribution in [0.25, 0.3) is 5.70 Å². The van der Waals surface area contributed by atoms with Crippen molar-refractivity contribution in [2.75, 3.05) is 7.11 Å². The number of hydroxylamine groups is 1. The lowest BCUT2D eigenvalue weighted by atomic mass is 9.88. The molecule has 0 fully saturated rings. The lowest BCUT2D eigenvalue weighted by Gasteiger charge is -2.16. The van der Waals surface area contributed by atoms with Crippen LogP contribution in [0.2, 0.25) is 0 Å². The fraction of sp³-hybridized carbons (Fsp3) is 0.129. The Balaban J connectivity index is 1.35. The molecule has 4 rings (SSSR count). The number of nitrogens with one attached hydrogen (secondary N) is 1. The molecule has 6 heteroatoms. The zero-order chi connectivity index (χ0) is 25.9. The van der Waals surface area contributed by atoms with E-state index in [1.807, 2.05) is 109 Å². The first-order valence-electron chi connectivity index (χ1n) is 11.9. The number of benzene rings is 4. The Labute approximate surface area is 216 Å². The summed E-state index contributed by atoms with van der Waals surface area (Å²) in [5, 5.41) is 9.38. The minimum absolute atomic E-state index is 0.0300. The van der Waals surface area contributed by atoms with E-state index < -0.39 is 5.97 Å². The van der Waals surface area contributed by atoms with Gasteiger partial charge in [-0.25, -0.2) is 0 Å². The van der Waals surface area contributed by atoms with Gasteiger partial charge < -0.3 is 14.6 Å². The molecule has 0 saturated carbocycles. The first-order chi connectivity index (χ1) is 18.1. The number of ether oxygens (including phenoxy) is 2. The molecule has 0 aromatic heterocycles. The molecule has 0 aliphatic heterocycles. The second-order valence-corrected chi connectivity index (χ2v) is 8.38. The van der Waals surface area contributed by atoms with Crippen molar-refractivity contribution in [3.8, 4) is 11.5 Å². The summed E-state index contributed by atoms with van der Waals surface area (Å²) in [6, 6.07) is 34.7. The van der Waals surface area contributed by atoms with Gasteiger partial charge in [-0.05, 0) is 41.0 Å². The zero-order valence-corrected chi connectivity index (χ0v) is 20.5. The number of rotatable bonds is 12. The Kier molecular flexibility index (Phi) is 8.94. The van der Waals surface area contributed by atoms with Crippen molar-refractivity contribution >= 4 is 11.7 Å². The number of carbonyl (C=O) groups is 1. The van der Waals surface area contributed by atoms with Crippen molar-refractivity contribution in [2.24, 2.45) is 0 Å². The van der Waals surface area contributed by atoms with Crippen LogP contribution in [0.5, 0.6) is 11.5 Å². The molecule has 0 heterocycles. The quantitative estimate of drug-likeness (QED) is 0.175. The number of hydrogen-bond donors (Lipinski definition) is 2. The molecule has 37 heavy (non-hydrogen) atoms. The molecule has 0 amide bonds. The molecule has 1 atom stereocenters. The average molecular weight is 496 g/mol. The molecule has 4 aromatic carbocycles.